The van der Waals surface area contributed by atoms with Crippen molar-refractivity contribution in [3.05, 3.63) is 35.2 Å². The Balaban J connectivity index is 1.55. The number of rotatable bonds is 3. The number of nitrogens with zero attached hydrogens (tertiary/aromatic N) is 5. The number of hydrogen-bond acceptors (Lipinski definition) is 6. The van der Waals surface area contributed by atoms with Gasteiger partial charge in [-0.1, -0.05) is 5.21 Å². The summed E-state index contributed by atoms with van der Waals surface area (Å²) in [4.78, 5) is 14.6. The van der Waals surface area contributed by atoms with Crippen molar-refractivity contribution in [3.63, 3.8) is 0 Å². The highest BCUT2D eigenvalue weighted by Gasteiger charge is 2.34. The second-order valence-electron chi connectivity index (χ2n) is 6.96. The van der Waals surface area contributed by atoms with Crippen LogP contribution in [-0.2, 0) is 16.4 Å². The Morgan fingerprint density at radius 3 is 2.85 bits per heavy atom. The van der Waals surface area contributed by atoms with Gasteiger partial charge in [-0.05, 0) is 43.5 Å². The number of anilines is 1. The molecule has 4 rings (SSSR count). The zero-order chi connectivity index (χ0) is 18.5. The Hall–Kier alpha value is -2.49. The molecule has 10 heteroatoms. The third-order valence-electron chi connectivity index (χ3n) is 5.04. The van der Waals surface area contributed by atoms with Crippen molar-refractivity contribution in [2.45, 2.75) is 31.7 Å². The first-order valence-electron chi connectivity index (χ1n) is 8.49. The average molecular weight is 376 g/mol. The molecule has 26 heavy (non-hydrogen) atoms. The number of amides is 1. The number of carbonyl (C=O) groups is 1. The van der Waals surface area contributed by atoms with E-state index in [0.717, 1.165) is 12.0 Å². The number of nitrogens with one attached hydrogen (secondary N) is 1. The maximum atomic E-state index is 12.9. The van der Waals surface area contributed by atoms with Gasteiger partial charge < -0.3 is 4.90 Å². The summed E-state index contributed by atoms with van der Waals surface area (Å²) in [6.07, 6.45) is 2.62. The summed E-state index contributed by atoms with van der Waals surface area (Å²) in [6, 6.07) is 5.12. The molecule has 0 saturated carbocycles. The molecular weight excluding hydrogens is 356 g/mol. The van der Waals surface area contributed by atoms with Gasteiger partial charge in [0.2, 0.25) is 10.0 Å². The van der Waals surface area contributed by atoms with Crippen LogP contribution in [0.5, 0.6) is 0 Å². The summed E-state index contributed by atoms with van der Waals surface area (Å²) < 4.78 is 25.5. The van der Waals surface area contributed by atoms with Gasteiger partial charge >= 0.3 is 0 Å². The fourth-order valence-corrected chi connectivity index (χ4v) is 5.19. The fourth-order valence-electron chi connectivity index (χ4n) is 3.92. The first-order chi connectivity index (χ1) is 12.3. The van der Waals surface area contributed by atoms with Crippen molar-refractivity contribution in [2.75, 3.05) is 23.7 Å². The number of carbonyl (C=O) groups excluding carboxylic acids is 1. The molecule has 0 aliphatic carbocycles. The van der Waals surface area contributed by atoms with Crippen molar-refractivity contribution in [1.29, 1.82) is 0 Å². The molecule has 1 aromatic heterocycles. The molecular formula is C16H20N6O3S. The van der Waals surface area contributed by atoms with Crippen LogP contribution in [0.3, 0.4) is 0 Å². The number of likely N-dealkylation sites (tertiary alicyclic amines) is 1. The number of aromatic nitrogens is 4. The summed E-state index contributed by atoms with van der Waals surface area (Å²) in [6.45, 7) is 3.07. The Morgan fingerprint density at radius 2 is 2.15 bits per heavy atom. The molecule has 0 bridgehead atoms. The monoisotopic (exact) mass is 376 g/mol. The van der Waals surface area contributed by atoms with Crippen LogP contribution in [0.25, 0.3) is 0 Å². The molecule has 2 atom stereocenters. The van der Waals surface area contributed by atoms with E-state index in [1.165, 1.54) is 10.6 Å². The van der Waals surface area contributed by atoms with Crippen molar-refractivity contribution in [3.8, 4) is 0 Å². The Morgan fingerprint density at radius 1 is 1.35 bits per heavy atom. The number of hydrogen-bond donors (Lipinski definition) is 1. The highest BCUT2D eigenvalue weighted by atomic mass is 32.2. The van der Waals surface area contributed by atoms with Crippen molar-refractivity contribution in [2.24, 2.45) is 0 Å². The fraction of sp³-hybridized carbons (Fsp3) is 0.500. The molecule has 2 aliphatic heterocycles. The van der Waals surface area contributed by atoms with Gasteiger partial charge in [0.05, 0.1) is 11.9 Å². The minimum Gasteiger partial charge on any atom is -0.338 e. The van der Waals surface area contributed by atoms with E-state index in [-0.39, 0.29) is 17.9 Å². The zero-order valence-electron chi connectivity index (χ0n) is 14.6. The van der Waals surface area contributed by atoms with Crippen LogP contribution in [0.1, 0.15) is 41.0 Å². The number of H-pyrrole nitrogens is 1. The predicted molar refractivity (Wildman–Crippen MR) is 94.4 cm³/mol. The largest absolute Gasteiger partial charge is 0.338 e. The summed E-state index contributed by atoms with van der Waals surface area (Å²) in [5.41, 5.74) is 2.14. The normalized spacial score (nSPS) is 22.7. The maximum absolute atomic E-state index is 12.9. The van der Waals surface area contributed by atoms with Crippen molar-refractivity contribution >= 4 is 21.6 Å². The van der Waals surface area contributed by atoms with Gasteiger partial charge in [0.25, 0.3) is 5.91 Å². The molecule has 1 saturated heterocycles. The Kier molecular flexibility index (Phi) is 3.94. The van der Waals surface area contributed by atoms with E-state index in [0.29, 0.717) is 36.6 Å². The topological polar surface area (TPSA) is 112 Å². The van der Waals surface area contributed by atoms with E-state index in [4.69, 9.17) is 0 Å². The van der Waals surface area contributed by atoms with Crippen LogP contribution in [0.4, 0.5) is 5.69 Å². The summed E-state index contributed by atoms with van der Waals surface area (Å²) in [5.74, 6) is 0.670. The van der Waals surface area contributed by atoms with Crippen LogP contribution < -0.4 is 4.31 Å². The molecule has 1 N–H and O–H groups in total. The molecule has 3 heterocycles. The van der Waals surface area contributed by atoms with E-state index in [2.05, 4.69) is 20.6 Å². The van der Waals surface area contributed by atoms with Crippen LogP contribution in [0.2, 0.25) is 0 Å². The summed E-state index contributed by atoms with van der Waals surface area (Å²) in [5, 5.41) is 14.0. The van der Waals surface area contributed by atoms with Gasteiger partial charge in [-0.3, -0.25) is 9.10 Å². The molecule has 138 valence electrons. The standard InChI is InChI=1S/C16H20N6O3S/c1-10-7-13-8-11(3-4-14(13)22(10)26(2,24)25)16(23)21-6-5-12(9-21)15-17-19-20-18-15/h3-4,8,10,12H,5-7,9H2,1-2H3,(H,17,18,19,20). The number of benzene rings is 1. The second-order valence-corrected chi connectivity index (χ2v) is 8.82. The van der Waals surface area contributed by atoms with E-state index in [1.54, 1.807) is 17.0 Å². The highest BCUT2D eigenvalue weighted by Crippen LogP contribution is 2.35. The minimum absolute atomic E-state index is 0.0516. The third-order valence-corrected chi connectivity index (χ3v) is 6.31. The number of tetrazole rings is 1. The Labute approximate surface area is 151 Å². The molecule has 2 aromatic rings. The molecule has 2 aliphatic rings. The van der Waals surface area contributed by atoms with Crippen LogP contribution in [-0.4, -0.2) is 65.2 Å². The van der Waals surface area contributed by atoms with E-state index in [9.17, 15) is 13.2 Å². The van der Waals surface area contributed by atoms with E-state index in [1.807, 2.05) is 13.0 Å². The third kappa shape index (κ3) is 2.83. The number of sulfonamides is 1. The van der Waals surface area contributed by atoms with E-state index < -0.39 is 10.0 Å². The maximum Gasteiger partial charge on any atom is 0.253 e. The Bertz CT molecular complexity index is 943. The SMILES string of the molecule is CC1Cc2cc(C(=O)N3CCC(c4nn[nH]n4)C3)ccc2N1S(C)(=O)=O. The molecule has 9 nitrogen and oxygen atoms in total. The van der Waals surface area contributed by atoms with Crippen molar-refractivity contribution < 1.29 is 13.2 Å². The van der Waals surface area contributed by atoms with Gasteiger partial charge in [-0.2, -0.15) is 5.21 Å². The molecule has 1 amide bonds. The second kappa shape index (κ2) is 6.04. The molecule has 1 fully saturated rings. The number of fused-ring (bicyclic) bond motifs is 1. The van der Waals surface area contributed by atoms with Gasteiger partial charge in [-0.25, -0.2) is 8.42 Å². The first kappa shape index (κ1) is 17.0. The van der Waals surface area contributed by atoms with Gasteiger partial charge in [0.1, 0.15) is 0 Å². The lowest BCUT2D eigenvalue weighted by atomic mass is 10.1. The van der Waals surface area contributed by atoms with E-state index >= 15 is 0 Å². The lowest BCUT2D eigenvalue weighted by molar-refractivity contribution is 0.0790. The summed E-state index contributed by atoms with van der Waals surface area (Å²) in [7, 11) is -3.33. The zero-order valence-corrected chi connectivity index (χ0v) is 15.4. The van der Waals surface area contributed by atoms with Crippen LogP contribution in [0, 0.1) is 0 Å². The quantitative estimate of drug-likeness (QED) is 0.837. The minimum atomic E-state index is -3.33. The van der Waals surface area contributed by atoms with Gasteiger partial charge in [-0.15, -0.1) is 10.2 Å². The summed E-state index contributed by atoms with van der Waals surface area (Å²) >= 11 is 0. The smallest absolute Gasteiger partial charge is 0.253 e. The highest BCUT2D eigenvalue weighted by molar-refractivity contribution is 7.92. The van der Waals surface area contributed by atoms with Crippen LogP contribution in [0.15, 0.2) is 18.2 Å². The predicted octanol–water partition coefficient (Wildman–Crippen LogP) is 0.540. The molecule has 2 unspecified atom stereocenters. The average Bonchev–Trinajstić information content (AvgIpc) is 3.30. The lowest BCUT2D eigenvalue weighted by Gasteiger charge is -2.22. The lowest BCUT2D eigenvalue weighted by Crippen LogP contribution is -2.34. The van der Waals surface area contributed by atoms with Gasteiger partial charge in [0, 0.05) is 30.6 Å². The molecule has 0 radical (unpaired) electrons. The van der Waals surface area contributed by atoms with Gasteiger partial charge in [0.15, 0.2) is 5.82 Å². The van der Waals surface area contributed by atoms with Crippen molar-refractivity contribution in [1.82, 2.24) is 25.5 Å². The molecule has 1 aromatic carbocycles. The number of aromatic amines is 1. The van der Waals surface area contributed by atoms with Crippen LogP contribution >= 0.6 is 0 Å². The first-order valence-corrected chi connectivity index (χ1v) is 10.3. The molecule has 0 spiro atoms.